The van der Waals surface area contributed by atoms with Gasteiger partial charge < -0.3 is 15.2 Å². The molecule has 28 heavy (non-hydrogen) atoms. The van der Waals surface area contributed by atoms with Crippen LogP contribution in [-0.2, 0) is 26.0 Å². The van der Waals surface area contributed by atoms with Crippen LogP contribution in [0.4, 0.5) is 0 Å². The Labute approximate surface area is 164 Å². The zero-order valence-electron chi connectivity index (χ0n) is 15.7. The zero-order chi connectivity index (χ0) is 20.7. The lowest BCUT2D eigenvalue weighted by molar-refractivity contribution is -0.142. The van der Waals surface area contributed by atoms with E-state index in [-0.39, 0.29) is 17.3 Å². The molecule has 9 heteroatoms. The third-order valence-corrected chi connectivity index (χ3v) is 5.97. The number of nitrogens with two attached hydrogens (primary N) is 1. The maximum atomic E-state index is 12.6. The van der Waals surface area contributed by atoms with Gasteiger partial charge in [-0.3, -0.25) is 5.41 Å². The van der Waals surface area contributed by atoms with Gasteiger partial charge in [0.1, 0.15) is 11.6 Å². The Bertz CT molecular complexity index is 925. The summed E-state index contributed by atoms with van der Waals surface area (Å²) in [6, 6.07) is 13.0. The van der Waals surface area contributed by atoms with Crippen molar-refractivity contribution in [1.29, 1.82) is 5.41 Å². The van der Waals surface area contributed by atoms with Gasteiger partial charge in [0, 0.05) is 19.2 Å². The topological polar surface area (TPSA) is 123 Å². The molecule has 0 aliphatic heterocycles. The Balaban J connectivity index is 1.95. The fourth-order valence-electron chi connectivity index (χ4n) is 2.35. The number of carbonyl (C=O) groups is 1. The number of likely N-dealkylation sites (N-methyl/N-ethyl adjacent to an activating group) is 1. The third kappa shape index (κ3) is 5.54. The van der Waals surface area contributed by atoms with Crippen molar-refractivity contribution in [2.45, 2.75) is 11.3 Å². The van der Waals surface area contributed by atoms with Crippen molar-refractivity contribution in [2.75, 3.05) is 27.3 Å². The quantitative estimate of drug-likeness (QED) is 0.369. The van der Waals surface area contributed by atoms with E-state index in [4.69, 9.17) is 15.9 Å². The van der Waals surface area contributed by atoms with Crippen molar-refractivity contribution in [3.8, 4) is 5.75 Å². The lowest BCUT2D eigenvalue weighted by atomic mass is 10.1. The Morgan fingerprint density at radius 1 is 1.11 bits per heavy atom. The summed E-state index contributed by atoms with van der Waals surface area (Å²) >= 11 is 0. The van der Waals surface area contributed by atoms with Gasteiger partial charge in [0.05, 0.1) is 12.0 Å². The minimum Gasteiger partial charge on any atom is -0.482 e. The number of benzene rings is 2. The van der Waals surface area contributed by atoms with Crippen molar-refractivity contribution in [3.05, 3.63) is 59.7 Å². The molecule has 0 radical (unpaired) electrons. The molecule has 150 valence electrons. The molecule has 0 saturated heterocycles. The Morgan fingerprint density at radius 3 is 2.25 bits per heavy atom. The number of sulfonamides is 1. The largest absolute Gasteiger partial charge is 0.482 e. The second-order valence-corrected chi connectivity index (χ2v) is 8.07. The highest BCUT2D eigenvalue weighted by Gasteiger charge is 2.20. The van der Waals surface area contributed by atoms with E-state index in [0.29, 0.717) is 24.3 Å². The molecule has 3 N–H and O–H groups in total. The van der Waals surface area contributed by atoms with Gasteiger partial charge in [0.15, 0.2) is 6.61 Å². The number of nitrogen functional groups attached to an aromatic ring is 1. The maximum Gasteiger partial charge on any atom is 0.343 e. The van der Waals surface area contributed by atoms with Gasteiger partial charge in [-0.2, -0.15) is 0 Å². The smallest absolute Gasteiger partial charge is 0.343 e. The number of ether oxygens (including phenoxy) is 2. The van der Waals surface area contributed by atoms with Crippen molar-refractivity contribution >= 4 is 21.8 Å². The van der Waals surface area contributed by atoms with Crippen molar-refractivity contribution in [1.82, 2.24) is 4.31 Å². The van der Waals surface area contributed by atoms with E-state index in [1.165, 1.54) is 42.7 Å². The molecule has 0 heterocycles. The SMILES string of the molecule is COC(=O)COc1ccc(CCN(C)S(=O)(=O)c2ccc(C(=N)N)cc2)cc1. The highest BCUT2D eigenvalue weighted by Crippen LogP contribution is 2.17. The van der Waals surface area contributed by atoms with Crippen LogP contribution in [0.1, 0.15) is 11.1 Å². The first-order valence-electron chi connectivity index (χ1n) is 8.43. The molecule has 0 amide bonds. The van der Waals surface area contributed by atoms with Crippen LogP contribution in [0.2, 0.25) is 0 Å². The molecule has 2 aromatic rings. The summed E-state index contributed by atoms with van der Waals surface area (Å²) in [6.07, 6.45) is 0.512. The summed E-state index contributed by atoms with van der Waals surface area (Å²) in [5.74, 6) is -0.0516. The number of nitrogens with zero attached hydrogens (tertiary/aromatic N) is 1. The summed E-state index contributed by atoms with van der Waals surface area (Å²) in [5, 5.41) is 7.37. The normalized spacial score (nSPS) is 11.2. The molecule has 0 spiro atoms. The lowest BCUT2D eigenvalue weighted by Crippen LogP contribution is -2.29. The Kier molecular flexibility index (Phi) is 7.13. The van der Waals surface area contributed by atoms with E-state index in [9.17, 15) is 13.2 Å². The number of hydrogen-bond acceptors (Lipinski definition) is 6. The number of methoxy groups -OCH3 is 1. The summed E-state index contributed by atoms with van der Waals surface area (Å²) in [4.78, 5) is 11.2. The molecule has 8 nitrogen and oxygen atoms in total. The number of amidine groups is 1. The molecule has 0 aliphatic rings. The predicted octanol–water partition coefficient (Wildman–Crippen LogP) is 1.39. The van der Waals surface area contributed by atoms with Crippen LogP contribution in [0.5, 0.6) is 5.75 Å². The average Bonchev–Trinajstić information content (AvgIpc) is 2.70. The number of nitrogens with one attached hydrogen (secondary N) is 1. The van der Waals surface area contributed by atoms with Gasteiger partial charge in [-0.1, -0.05) is 12.1 Å². The summed E-state index contributed by atoms with van der Waals surface area (Å²) in [7, 11) is -0.830. The summed E-state index contributed by atoms with van der Waals surface area (Å²) in [6.45, 7) is 0.123. The number of carbonyl (C=O) groups excluding carboxylic acids is 1. The molecule has 0 aliphatic carbocycles. The van der Waals surface area contributed by atoms with Crippen LogP contribution in [0.15, 0.2) is 53.4 Å². The van der Waals surface area contributed by atoms with Crippen LogP contribution in [0.25, 0.3) is 0 Å². The van der Waals surface area contributed by atoms with Crippen LogP contribution in [-0.4, -0.2) is 51.8 Å². The Morgan fingerprint density at radius 2 is 1.71 bits per heavy atom. The van der Waals surface area contributed by atoms with Gasteiger partial charge in [-0.25, -0.2) is 17.5 Å². The maximum absolute atomic E-state index is 12.6. The predicted molar refractivity (Wildman–Crippen MR) is 105 cm³/mol. The van der Waals surface area contributed by atoms with Gasteiger partial charge in [0.25, 0.3) is 0 Å². The fourth-order valence-corrected chi connectivity index (χ4v) is 3.52. The van der Waals surface area contributed by atoms with E-state index in [2.05, 4.69) is 4.74 Å². The van der Waals surface area contributed by atoms with Gasteiger partial charge >= 0.3 is 5.97 Å². The van der Waals surface area contributed by atoms with E-state index in [1.807, 2.05) is 12.1 Å². The highest BCUT2D eigenvalue weighted by molar-refractivity contribution is 7.89. The molecule has 0 saturated carbocycles. The summed E-state index contributed by atoms with van der Waals surface area (Å²) in [5.41, 5.74) is 6.79. The zero-order valence-corrected chi connectivity index (χ0v) is 16.5. The second-order valence-electron chi connectivity index (χ2n) is 6.02. The monoisotopic (exact) mass is 405 g/mol. The minimum absolute atomic E-state index is 0.115. The second kappa shape index (κ2) is 9.34. The fraction of sp³-hybridized carbons (Fsp3) is 0.263. The minimum atomic E-state index is -3.63. The van der Waals surface area contributed by atoms with Gasteiger partial charge in [-0.05, 0) is 48.4 Å². The molecule has 0 bridgehead atoms. The first-order valence-corrected chi connectivity index (χ1v) is 9.87. The number of hydrogen-bond donors (Lipinski definition) is 2. The molecular formula is C19H23N3O5S. The first kappa shape index (κ1) is 21.4. The number of esters is 1. The molecule has 0 atom stereocenters. The molecule has 0 fully saturated rings. The van der Waals surface area contributed by atoms with Crippen molar-refractivity contribution in [3.63, 3.8) is 0 Å². The average molecular weight is 405 g/mol. The lowest BCUT2D eigenvalue weighted by Gasteiger charge is -2.17. The van der Waals surface area contributed by atoms with Crippen LogP contribution in [0.3, 0.4) is 0 Å². The molecule has 0 unspecified atom stereocenters. The molecular weight excluding hydrogens is 382 g/mol. The highest BCUT2D eigenvalue weighted by atomic mass is 32.2. The Hall–Kier alpha value is -2.91. The van der Waals surface area contributed by atoms with Gasteiger partial charge in [0.2, 0.25) is 10.0 Å². The van der Waals surface area contributed by atoms with E-state index < -0.39 is 16.0 Å². The third-order valence-electron chi connectivity index (χ3n) is 4.10. The number of rotatable bonds is 9. The summed E-state index contributed by atoms with van der Waals surface area (Å²) < 4.78 is 36.3. The van der Waals surface area contributed by atoms with E-state index in [0.717, 1.165) is 5.56 Å². The van der Waals surface area contributed by atoms with E-state index in [1.54, 1.807) is 12.1 Å². The van der Waals surface area contributed by atoms with Crippen LogP contribution >= 0.6 is 0 Å². The van der Waals surface area contributed by atoms with Crippen molar-refractivity contribution < 1.29 is 22.7 Å². The first-order chi connectivity index (χ1) is 13.2. The van der Waals surface area contributed by atoms with Crippen LogP contribution < -0.4 is 10.5 Å². The molecule has 2 rings (SSSR count). The van der Waals surface area contributed by atoms with Crippen LogP contribution in [0, 0.1) is 5.41 Å². The van der Waals surface area contributed by atoms with Crippen molar-refractivity contribution in [2.24, 2.45) is 5.73 Å². The van der Waals surface area contributed by atoms with E-state index >= 15 is 0 Å². The molecule has 0 aromatic heterocycles. The van der Waals surface area contributed by atoms with Gasteiger partial charge in [-0.15, -0.1) is 0 Å². The standard InChI is InChI=1S/C19H23N3O5S/c1-22(28(24,25)17-9-5-15(6-10-17)19(20)21)12-11-14-3-7-16(8-4-14)27-13-18(23)26-2/h3-10H,11-13H2,1-2H3,(H3,20,21). The molecule has 2 aromatic carbocycles.